The highest BCUT2D eigenvalue weighted by atomic mass is 32.2. The van der Waals surface area contributed by atoms with Crippen LogP contribution in [0, 0.1) is 6.92 Å². The molecule has 1 fully saturated rings. The summed E-state index contributed by atoms with van der Waals surface area (Å²) in [5.41, 5.74) is 2.16. The Hall–Kier alpha value is -2.18. The minimum atomic E-state index is -3.51. The third-order valence-corrected chi connectivity index (χ3v) is 7.01. The van der Waals surface area contributed by atoms with Crippen LogP contribution in [0.5, 0.6) is 0 Å². The van der Waals surface area contributed by atoms with Crippen LogP contribution in [0.25, 0.3) is 0 Å². The number of carbonyl (C=O) groups is 1. The Kier molecular flexibility index (Phi) is 5.97. The molecule has 1 saturated heterocycles. The Morgan fingerprint density at radius 2 is 1.89 bits per heavy atom. The highest BCUT2D eigenvalue weighted by Crippen LogP contribution is 2.27. The van der Waals surface area contributed by atoms with Crippen LogP contribution < -0.4 is 5.32 Å². The van der Waals surface area contributed by atoms with Crippen molar-refractivity contribution in [1.29, 1.82) is 0 Å². The van der Waals surface area contributed by atoms with Crippen molar-refractivity contribution >= 4 is 21.6 Å². The van der Waals surface area contributed by atoms with Gasteiger partial charge < -0.3 is 5.32 Å². The van der Waals surface area contributed by atoms with E-state index in [4.69, 9.17) is 0 Å². The van der Waals surface area contributed by atoms with Crippen molar-refractivity contribution in [2.24, 2.45) is 0 Å². The SMILES string of the molecule is CC[C@@H]1CCCCN1S(=O)(=O)c1ccc(NC(=O)c2cccc(C)c2)cc1. The van der Waals surface area contributed by atoms with E-state index in [1.807, 2.05) is 32.0 Å². The van der Waals surface area contributed by atoms with Crippen molar-refractivity contribution in [2.75, 3.05) is 11.9 Å². The number of carbonyl (C=O) groups excluding carboxylic acids is 1. The van der Waals surface area contributed by atoms with E-state index >= 15 is 0 Å². The summed E-state index contributed by atoms with van der Waals surface area (Å²) in [7, 11) is -3.51. The standard InChI is InChI=1S/C21H26N2O3S/c1-3-19-9-4-5-14-23(19)27(25,26)20-12-10-18(11-13-20)22-21(24)17-8-6-7-16(2)15-17/h6-8,10-13,15,19H,3-5,9,14H2,1-2H3,(H,22,24)/t19-/m1/s1. The molecule has 0 saturated carbocycles. The number of hydrogen-bond donors (Lipinski definition) is 1. The Balaban J connectivity index is 1.75. The largest absolute Gasteiger partial charge is 0.322 e. The van der Waals surface area contributed by atoms with Gasteiger partial charge in [0.05, 0.1) is 4.90 Å². The zero-order valence-electron chi connectivity index (χ0n) is 15.8. The second-order valence-corrected chi connectivity index (χ2v) is 8.91. The number of piperidine rings is 1. The first-order valence-corrected chi connectivity index (χ1v) is 10.9. The summed E-state index contributed by atoms with van der Waals surface area (Å²) >= 11 is 0. The number of aryl methyl sites for hydroxylation is 1. The number of rotatable bonds is 5. The van der Waals surface area contributed by atoms with Gasteiger partial charge in [-0.3, -0.25) is 4.79 Å². The van der Waals surface area contributed by atoms with E-state index in [9.17, 15) is 13.2 Å². The molecule has 0 aromatic heterocycles. The molecule has 0 radical (unpaired) electrons. The average molecular weight is 387 g/mol. The maximum absolute atomic E-state index is 13.0. The molecular weight excluding hydrogens is 360 g/mol. The number of benzene rings is 2. The molecule has 1 aliphatic heterocycles. The number of sulfonamides is 1. The van der Waals surface area contributed by atoms with E-state index in [1.165, 1.54) is 0 Å². The molecule has 1 aliphatic rings. The Labute approximate surface area is 161 Å². The first-order chi connectivity index (χ1) is 12.9. The molecular formula is C21H26N2O3S. The predicted octanol–water partition coefficient (Wildman–Crippen LogP) is 4.20. The van der Waals surface area contributed by atoms with Crippen LogP contribution in [0.3, 0.4) is 0 Å². The molecule has 0 aliphatic carbocycles. The first kappa shape index (κ1) is 19.6. The minimum Gasteiger partial charge on any atom is -0.322 e. The van der Waals surface area contributed by atoms with Crippen molar-refractivity contribution in [3.63, 3.8) is 0 Å². The van der Waals surface area contributed by atoms with Gasteiger partial charge in [-0.1, -0.05) is 31.0 Å². The van der Waals surface area contributed by atoms with Crippen molar-refractivity contribution in [3.8, 4) is 0 Å². The second kappa shape index (κ2) is 8.23. The van der Waals surface area contributed by atoms with Crippen LogP contribution >= 0.6 is 0 Å². The van der Waals surface area contributed by atoms with Crippen LogP contribution in [0.4, 0.5) is 5.69 Å². The number of anilines is 1. The number of nitrogens with one attached hydrogen (secondary N) is 1. The lowest BCUT2D eigenvalue weighted by molar-refractivity contribution is 0.102. The molecule has 144 valence electrons. The number of hydrogen-bond acceptors (Lipinski definition) is 3. The summed E-state index contributed by atoms with van der Waals surface area (Å²) in [6.45, 7) is 4.54. The molecule has 0 bridgehead atoms. The summed E-state index contributed by atoms with van der Waals surface area (Å²) in [6, 6.07) is 13.8. The van der Waals surface area contributed by atoms with Crippen molar-refractivity contribution < 1.29 is 13.2 Å². The molecule has 2 aromatic rings. The monoisotopic (exact) mass is 386 g/mol. The summed E-state index contributed by atoms with van der Waals surface area (Å²) in [5.74, 6) is -0.212. The number of nitrogens with zero attached hydrogens (tertiary/aromatic N) is 1. The Morgan fingerprint density at radius 3 is 2.56 bits per heavy atom. The fourth-order valence-electron chi connectivity index (χ4n) is 3.53. The first-order valence-electron chi connectivity index (χ1n) is 9.41. The minimum absolute atomic E-state index is 0.0736. The highest BCUT2D eigenvalue weighted by molar-refractivity contribution is 7.89. The van der Waals surface area contributed by atoms with E-state index in [1.54, 1.807) is 34.6 Å². The average Bonchev–Trinajstić information content (AvgIpc) is 2.68. The van der Waals surface area contributed by atoms with Gasteiger partial charge >= 0.3 is 0 Å². The van der Waals surface area contributed by atoms with E-state index in [2.05, 4.69) is 5.32 Å². The molecule has 6 heteroatoms. The van der Waals surface area contributed by atoms with Gasteiger partial charge in [-0.05, 0) is 62.6 Å². The molecule has 0 spiro atoms. The van der Waals surface area contributed by atoms with Crippen molar-refractivity contribution in [2.45, 2.75) is 50.5 Å². The lowest BCUT2D eigenvalue weighted by Crippen LogP contribution is -2.43. The molecule has 1 amide bonds. The van der Waals surface area contributed by atoms with Gasteiger partial charge in [-0.15, -0.1) is 0 Å². The molecule has 2 aromatic carbocycles. The Bertz CT molecular complexity index is 907. The van der Waals surface area contributed by atoms with Gasteiger partial charge in [-0.2, -0.15) is 4.31 Å². The van der Waals surface area contributed by atoms with E-state index < -0.39 is 10.0 Å². The molecule has 0 unspecified atom stereocenters. The van der Waals surface area contributed by atoms with Crippen molar-refractivity contribution in [1.82, 2.24) is 4.31 Å². The van der Waals surface area contributed by atoms with E-state index in [0.29, 0.717) is 17.8 Å². The topological polar surface area (TPSA) is 66.5 Å². The molecule has 5 nitrogen and oxygen atoms in total. The van der Waals surface area contributed by atoms with Gasteiger partial charge in [0.15, 0.2) is 0 Å². The highest BCUT2D eigenvalue weighted by Gasteiger charge is 2.32. The van der Waals surface area contributed by atoms with Gasteiger partial charge in [0.25, 0.3) is 5.91 Å². The van der Waals surface area contributed by atoms with Crippen LogP contribution in [0.1, 0.15) is 48.5 Å². The smallest absolute Gasteiger partial charge is 0.255 e. The lowest BCUT2D eigenvalue weighted by Gasteiger charge is -2.34. The summed E-state index contributed by atoms with van der Waals surface area (Å²) in [4.78, 5) is 12.6. The zero-order valence-corrected chi connectivity index (χ0v) is 16.6. The predicted molar refractivity (Wildman–Crippen MR) is 107 cm³/mol. The normalized spacial score (nSPS) is 18.2. The van der Waals surface area contributed by atoms with Gasteiger partial charge in [0.2, 0.25) is 10.0 Å². The summed E-state index contributed by atoms with van der Waals surface area (Å²) in [6.07, 6.45) is 3.72. The maximum atomic E-state index is 13.0. The molecule has 27 heavy (non-hydrogen) atoms. The fourth-order valence-corrected chi connectivity index (χ4v) is 5.30. The van der Waals surface area contributed by atoms with E-state index in [0.717, 1.165) is 31.2 Å². The molecule has 1 heterocycles. The van der Waals surface area contributed by atoms with Gasteiger partial charge in [0.1, 0.15) is 0 Å². The molecule has 1 N–H and O–H groups in total. The summed E-state index contributed by atoms with van der Waals surface area (Å²) in [5, 5.41) is 2.82. The second-order valence-electron chi connectivity index (χ2n) is 7.02. The summed E-state index contributed by atoms with van der Waals surface area (Å²) < 4.78 is 27.6. The van der Waals surface area contributed by atoms with Crippen LogP contribution in [0.2, 0.25) is 0 Å². The quantitative estimate of drug-likeness (QED) is 0.837. The zero-order chi connectivity index (χ0) is 19.4. The third kappa shape index (κ3) is 4.39. The van der Waals surface area contributed by atoms with Crippen LogP contribution in [0.15, 0.2) is 53.4 Å². The fraction of sp³-hybridized carbons (Fsp3) is 0.381. The molecule has 3 rings (SSSR count). The van der Waals surface area contributed by atoms with Crippen LogP contribution in [-0.4, -0.2) is 31.2 Å². The Morgan fingerprint density at radius 1 is 1.15 bits per heavy atom. The lowest BCUT2D eigenvalue weighted by atomic mass is 10.0. The van der Waals surface area contributed by atoms with Crippen LogP contribution in [-0.2, 0) is 10.0 Å². The molecule has 1 atom stereocenters. The maximum Gasteiger partial charge on any atom is 0.255 e. The van der Waals surface area contributed by atoms with Gasteiger partial charge in [-0.25, -0.2) is 8.42 Å². The number of amides is 1. The van der Waals surface area contributed by atoms with Gasteiger partial charge in [0, 0.05) is 23.8 Å². The van der Waals surface area contributed by atoms with Crippen molar-refractivity contribution in [3.05, 3.63) is 59.7 Å². The van der Waals surface area contributed by atoms with E-state index in [-0.39, 0.29) is 16.8 Å². The third-order valence-electron chi connectivity index (χ3n) is 5.04.